The number of benzene rings is 2. The maximum Gasteiger partial charge on any atom is 0.429 e. The first-order chi connectivity index (χ1) is 25.4. The zero-order valence-corrected chi connectivity index (χ0v) is 29.7. The lowest BCUT2D eigenvalue weighted by molar-refractivity contribution is -0.198. The molecular weight excluding hydrogens is 691 g/mol. The second-order valence-corrected chi connectivity index (χ2v) is 13.2. The van der Waals surface area contributed by atoms with Crippen LogP contribution in [0.4, 0.5) is 24.9 Å². The number of ether oxygens (including phenoxy) is 3. The van der Waals surface area contributed by atoms with Gasteiger partial charge in [-0.1, -0.05) is 24.3 Å². The van der Waals surface area contributed by atoms with Crippen LogP contribution in [-0.2, 0) is 19.1 Å². The number of nitrogen functional groups attached to an aromatic ring is 1. The minimum Gasteiger partial charge on any atom is -0.465 e. The zero-order valence-electron chi connectivity index (χ0n) is 29.7. The maximum atomic E-state index is 15.2. The Balaban J connectivity index is 1.29. The molecule has 0 unspecified atom stereocenters. The first-order valence-corrected chi connectivity index (χ1v) is 17.5. The number of aryl methyl sites for hydroxylation is 1. The van der Waals surface area contributed by atoms with E-state index < -0.39 is 18.2 Å². The van der Waals surface area contributed by atoms with E-state index in [2.05, 4.69) is 20.4 Å². The molecule has 1 spiro atoms. The average molecular weight is 734 g/mol. The fraction of sp³-hybridized carbons (Fsp3) is 0.395. The Hall–Kier alpha value is -5.44. The van der Waals surface area contributed by atoms with Crippen molar-refractivity contribution in [2.75, 3.05) is 43.5 Å². The number of hydrogen-bond acceptors (Lipinski definition) is 11. The van der Waals surface area contributed by atoms with Crippen molar-refractivity contribution in [2.24, 2.45) is 5.41 Å². The van der Waals surface area contributed by atoms with Crippen LogP contribution in [0.15, 0.2) is 66.9 Å². The number of aromatic nitrogens is 4. The van der Waals surface area contributed by atoms with Gasteiger partial charge >= 0.3 is 18.1 Å². The minimum absolute atomic E-state index is 0.101. The number of carbonyl (C=O) groups is 2. The summed E-state index contributed by atoms with van der Waals surface area (Å²) >= 11 is 0. The molecule has 53 heavy (non-hydrogen) atoms. The third kappa shape index (κ3) is 8.79. The summed E-state index contributed by atoms with van der Waals surface area (Å²) in [7, 11) is 0. The van der Waals surface area contributed by atoms with E-state index in [4.69, 9.17) is 19.9 Å². The number of carbonyl (C=O) groups excluding carboxylic acids is 2. The fourth-order valence-electron chi connectivity index (χ4n) is 6.88. The van der Waals surface area contributed by atoms with Gasteiger partial charge < -0.3 is 30.2 Å². The number of piperidine rings is 1. The monoisotopic (exact) mass is 733 g/mol. The molecule has 2 atom stereocenters. The zero-order chi connectivity index (χ0) is 37.8. The van der Waals surface area contributed by atoms with E-state index in [0.717, 1.165) is 12.8 Å². The topological polar surface area (TPSA) is 147 Å². The maximum absolute atomic E-state index is 15.2. The highest BCUT2D eigenvalue weighted by molar-refractivity contribution is 5.87. The quantitative estimate of drug-likeness (QED) is 0.138. The second kappa shape index (κ2) is 15.7. The van der Waals surface area contributed by atoms with E-state index in [1.165, 1.54) is 22.9 Å². The molecule has 2 fully saturated rings. The van der Waals surface area contributed by atoms with Crippen LogP contribution in [0.3, 0.4) is 0 Å². The van der Waals surface area contributed by atoms with Gasteiger partial charge in [0.15, 0.2) is 0 Å². The largest absolute Gasteiger partial charge is 0.465 e. The number of nitrogens with two attached hydrogens (primary N) is 1. The first kappa shape index (κ1) is 37.3. The van der Waals surface area contributed by atoms with Crippen LogP contribution in [0.2, 0.25) is 0 Å². The Morgan fingerprint density at radius 1 is 1.04 bits per heavy atom. The van der Waals surface area contributed by atoms with E-state index in [1.807, 2.05) is 4.90 Å². The Kier molecular flexibility index (Phi) is 11.0. The van der Waals surface area contributed by atoms with Gasteiger partial charge in [0, 0.05) is 43.5 Å². The predicted molar refractivity (Wildman–Crippen MR) is 192 cm³/mol. The van der Waals surface area contributed by atoms with Gasteiger partial charge in [0.25, 0.3) is 0 Å². The molecule has 2 aromatic heterocycles. The molecule has 2 saturated heterocycles. The van der Waals surface area contributed by atoms with Crippen molar-refractivity contribution in [1.29, 1.82) is 0 Å². The molecule has 6 rings (SSSR count). The molecule has 3 N–H and O–H groups in total. The van der Waals surface area contributed by atoms with E-state index in [9.17, 15) is 9.59 Å². The summed E-state index contributed by atoms with van der Waals surface area (Å²) in [5.74, 6) is -0.977. The number of esters is 2. The number of rotatable bonds is 11. The normalized spacial score (nSPS) is 17.6. The lowest BCUT2D eigenvalue weighted by Gasteiger charge is -2.39. The molecule has 0 saturated carbocycles. The van der Waals surface area contributed by atoms with Gasteiger partial charge in [-0.2, -0.15) is 28.2 Å². The standard InChI is InChI=1S/C38H42F3N7O5/c1-4-51-33(49)12-9-25-7-6-8-26(19-25)27-10-11-30(48-16-13-24(3)46-48)28(20-27)34(38(39,40)41)53-32-21-31(44-36(42)45-32)47-17-14-37(15-18-47)22-29(43-23-37)35(50)52-5-2/h6-13,16,19-21,29,34,43H,4-5,14-15,17-18,22-23H2,1-3H3,(H2,42,44,45)/b12-9+/t29-,34+/m0/s1. The van der Waals surface area contributed by atoms with Gasteiger partial charge in [0.2, 0.25) is 17.9 Å². The molecule has 280 valence electrons. The number of anilines is 2. The summed E-state index contributed by atoms with van der Waals surface area (Å²) in [6.45, 7) is 7.54. The Bertz CT molecular complexity index is 1970. The molecule has 4 aromatic rings. The number of nitrogens with one attached hydrogen (secondary N) is 1. The summed E-state index contributed by atoms with van der Waals surface area (Å²) in [6.07, 6.45) is -0.774. The first-order valence-electron chi connectivity index (χ1n) is 17.5. The highest BCUT2D eigenvalue weighted by Gasteiger charge is 2.46. The summed E-state index contributed by atoms with van der Waals surface area (Å²) < 4.78 is 62.8. The number of alkyl halides is 3. The lowest BCUT2D eigenvalue weighted by Crippen LogP contribution is -2.41. The van der Waals surface area contributed by atoms with Crippen LogP contribution in [0.25, 0.3) is 22.9 Å². The molecule has 15 heteroatoms. The summed E-state index contributed by atoms with van der Waals surface area (Å²) in [5, 5.41) is 7.67. The molecule has 0 aliphatic carbocycles. The van der Waals surface area contributed by atoms with Crippen molar-refractivity contribution < 1.29 is 37.0 Å². The SMILES string of the molecule is CCOC(=O)/C=C/c1cccc(-c2ccc(-n3ccc(C)n3)c([C@@H](Oc3cc(N4CCC5(CC4)CN[C@H](C(=O)OCC)C5)nc(N)n3)C(F)(F)F)c2)c1. The fourth-order valence-corrected chi connectivity index (χ4v) is 6.88. The van der Waals surface area contributed by atoms with Gasteiger partial charge in [0.05, 0.1) is 24.6 Å². The van der Waals surface area contributed by atoms with Crippen molar-refractivity contribution in [3.05, 3.63) is 83.7 Å². The predicted octanol–water partition coefficient (Wildman–Crippen LogP) is 5.99. The van der Waals surface area contributed by atoms with Crippen molar-refractivity contribution in [3.8, 4) is 22.7 Å². The molecule has 2 aromatic carbocycles. The van der Waals surface area contributed by atoms with E-state index in [0.29, 0.717) is 60.9 Å². The molecule has 4 heterocycles. The van der Waals surface area contributed by atoms with Crippen LogP contribution >= 0.6 is 0 Å². The van der Waals surface area contributed by atoms with Gasteiger partial charge in [-0.05, 0) is 92.5 Å². The Morgan fingerprint density at radius 3 is 2.49 bits per heavy atom. The van der Waals surface area contributed by atoms with Crippen LogP contribution < -0.4 is 20.7 Å². The van der Waals surface area contributed by atoms with Crippen molar-refractivity contribution >= 4 is 29.8 Å². The lowest BCUT2D eigenvalue weighted by atomic mass is 9.76. The van der Waals surface area contributed by atoms with Gasteiger partial charge in [0.1, 0.15) is 11.9 Å². The van der Waals surface area contributed by atoms with Crippen molar-refractivity contribution in [3.63, 3.8) is 0 Å². The van der Waals surface area contributed by atoms with E-state index in [1.54, 1.807) is 75.5 Å². The van der Waals surface area contributed by atoms with Crippen LogP contribution in [0, 0.1) is 12.3 Å². The summed E-state index contributed by atoms with van der Waals surface area (Å²) in [4.78, 5) is 34.5. The average Bonchev–Trinajstić information content (AvgIpc) is 3.76. The van der Waals surface area contributed by atoms with Crippen molar-refractivity contribution in [1.82, 2.24) is 25.1 Å². The third-order valence-electron chi connectivity index (χ3n) is 9.52. The van der Waals surface area contributed by atoms with Crippen molar-refractivity contribution in [2.45, 2.75) is 58.4 Å². The third-order valence-corrected chi connectivity index (χ3v) is 9.52. The summed E-state index contributed by atoms with van der Waals surface area (Å²) in [6, 6.07) is 14.4. The minimum atomic E-state index is -4.89. The number of nitrogens with zero attached hydrogens (tertiary/aromatic N) is 5. The number of halogens is 3. The van der Waals surface area contributed by atoms with Crippen LogP contribution in [0.5, 0.6) is 5.88 Å². The summed E-state index contributed by atoms with van der Waals surface area (Å²) in [5.41, 5.74) is 8.29. The smallest absolute Gasteiger partial charge is 0.429 e. The van der Waals surface area contributed by atoms with Gasteiger partial charge in [-0.25, -0.2) is 9.48 Å². The van der Waals surface area contributed by atoms with Gasteiger partial charge in [-0.3, -0.25) is 4.79 Å². The highest BCUT2D eigenvalue weighted by Crippen LogP contribution is 2.43. The molecular formula is C38H42F3N7O5. The molecule has 0 radical (unpaired) electrons. The molecule has 12 nitrogen and oxygen atoms in total. The molecule has 0 amide bonds. The van der Waals surface area contributed by atoms with E-state index >= 15 is 13.2 Å². The molecule has 2 aliphatic rings. The second-order valence-electron chi connectivity index (χ2n) is 13.2. The highest BCUT2D eigenvalue weighted by atomic mass is 19.4. The van der Waals surface area contributed by atoms with Crippen LogP contribution in [0.1, 0.15) is 56.0 Å². The molecule has 0 bridgehead atoms. The van der Waals surface area contributed by atoms with E-state index in [-0.39, 0.29) is 47.1 Å². The Morgan fingerprint density at radius 2 is 1.79 bits per heavy atom. The van der Waals surface area contributed by atoms with Crippen LogP contribution in [-0.4, -0.2) is 76.8 Å². The molecule has 2 aliphatic heterocycles. The number of hydrogen-bond donors (Lipinski definition) is 2. The Labute approximate surface area is 305 Å². The van der Waals surface area contributed by atoms with Gasteiger partial charge in [-0.15, -0.1) is 0 Å².